The molecule has 0 fully saturated rings. The zero-order chi connectivity index (χ0) is 14.0. The van der Waals surface area contributed by atoms with E-state index in [0.717, 1.165) is 47.4 Å². The maximum absolute atomic E-state index is 6.29. The quantitative estimate of drug-likeness (QED) is 0.911. The van der Waals surface area contributed by atoms with Gasteiger partial charge >= 0.3 is 0 Å². The Bertz CT molecular complexity index is 586. The summed E-state index contributed by atoms with van der Waals surface area (Å²) < 4.78 is 0. The lowest BCUT2D eigenvalue weighted by atomic mass is 10.0. The van der Waals surface area contributed by atoms with Gasteiger partial charge in [0.1, 0.15) is 0 Å². The fraction of sp³-hybridized carbons (Fsp3) is 0.438. The van der Waals surface area contributed by atoms with Crippen molar-refractivity contribution in [3.8, 4) is 0 Å². The number of pyridine rings is 1. The number of hydrogen-bond acceptors (Lipinski definition) is 3. The van der Waals surface area contributed by atoms with E-state index >= 15 is 0 Å². The minimum Gasteiger partial charge on any atom is -0.398 e. The van der Waals surface area contributed by atoms with E-state index in [-0.39, 0.29) is 0 Å². The molecule has 0 aliphatic carbocycles. The Hall–Kier alpha value is -1.77. The van der Waals surface area contributed by atoms with Crippen molar-refractivity contribution in [3.05, 3.63) is 29.5 Å². The number of anilines is 2. The molecule has 102 valence electrons. The van der Waals surface area contributed by atoms with E-state index < -0.39 is 0 Å². The van der Waals surface area contributed by atoms with Crippen LogP contribution in [0.4, 0.5) is 11.4 Å². The smallest absolute Gasteiger partial charge is 0.0727 e. The van der Waals surface area contributed by atoms with Crippen molar-refractivity contribution in [2.24, 2.45) is 0 Å². The summed E-state index contributed by atoms with van der Waals surface area (Å²) in [6.07, 6.45) is 0.920. The molecule has 1 heterocycles. The molecule has 0 radical (unpaired) electrons. The molecule has 2 aromatic rings. The third-order valence-electron chi connectivity index (χ3n) is 3.83. The van der Waals surface area contributed by atoms with Crippen molar-refractivity contribution in [2.75, 3.05) is 23.7 Å². The monoisotopic (exact) mass is 257 g/mol. The Morgan fingerprint density at radius 3 is 2.42 bits per heavy atom. The molecule has 0 spiro atoms. The first-order valence-corrected chi connectivity index (χ1v) is 7.05. The highest BCUT2D eigenvalue weighted by Crippen LogP contribution is 2.29. The van der Waals surface area contributed by atoms with Gasteiger partial charge in [-0.15, -0.1) is 0 Å². The lowest BCUT2D eigenvalue weighted by Crippen LogP contribution is -2.21. The number of aryl methyl sites for hydroxylation is 1. The van der Waals surface area contributed by atoms with E-state index in [1.807, 2.05) is 0 Å². The third-order valence-corrected chi connectivity index (χ3v) is 3.83. The first kappa shape index (κ1) is 13.7. The number of fused-ring (bicyclic) bond motifs is 1. The van der Waals surface area contributed by atoms with Gasteiger partial charge in [-0.05, 0) is 51.0 Å². The lowest BCUT2D eigenvalue weighted by molar-refractivity contribution is 0.867. The topological polar surface area (TPSA) is 42.2 Å². The average molecular weight is 257 g/mol. The molecule has 0 bridgehead atoms. The van der Waals surface area contributed by atoms with Crippen molar-refractivity contribution in [2.45, 2.75) is 34.1 Å². The fourth-order valence-corrected chi connectivity index (χ4v) is 2.55. The van der Waals surface area contributed by atoms with Crippen molar-refractivity contribution < 1.29 is 0 Å². The number of nitrogens with zero attached hydrogens (tertiary/aromatic N) is 2. The summed E-state index contributed by atoms with van der Waals surface area (Å²) in [6, 6.07) is 6.38. The molecule has 0 saturated heterocycles. The van der Waals surface area contributed by atoms with Crippen molar-refractivity contribution >= 4 is 22.3 Å². The fourth-order valence-electron chi connectivity index (χ4n) is 2.55. The van der Waals surface area contributed by atoms with Crippen LogP contribution in [0.25, 0.3) is 10.9 Å². The molecule has 2 rings (SSSR count). The van der Waals surface area contributed by atoms with Gasteiger partial charge < -0.3 is 10.6 Å². The van der Waals surface area contributed by atoms with Gasteiger partial charge in [0.05, 0.1) is 5.52 Å². The predicted molar refractivity (Wildman–Crippen MR) is 83.8 cm³/mol. The highest BCUT2D eigenvalue weighted by atomic mass is 15.1. The Morgan fingerprint density at radius 1 is 1.16 bits per heavy atom. The van der Waals surface area contributed by atoms with E-state index in [1.54, 1.807) is 0 Å². The van der Waals surface area contributed by atoms with Gasteiger partial charge in [-0.2, -0.15) is 0 Å². The maximum atomic E-state index is 6.29. The van der Waals surface area contributed by atoms with E-state index in [2.05, 4.69) is 50.8 Å². The summed E-state index contributed by atoms with van der Waals surface area (Å²) in [5.41, 5.74) is 11.6. The van der Waals surface area contributed by atoms with Crippen LogP contribution in [-0.4, -0.2) is 18.1 Å². The predicted octanol–water partition coefficient (Wildman–Crippen LogP) is 3.53. The first-order valence-electron chi connectivity index (χ1n) is 7.05. The van der Waals surface area contributed by atoms with Crippen LogP contribution in [0.3, 0.4) is 0 Å². The van der Waals surface area contributed by atoms with Gasteiger partial charge in [0.25, 0.3) is 0 Å². The third kappa shape index (κ3) is 2.37. The molecule has 0 atom stereocenters. The second kappa shape index (κ2) is 5.47. The lowest BCUT2D eigenvalue weighted by Gasteiger charge is -2.22. The maximum Gasteiger partial charge on any atom is 0.0727 e. The zero-order valence-corrected chi connectivity index (χ0v) is 12.3. The van der Waals surface area contributed by atoms with Gasteiger partial charge in [-0.25, -0.2) is 0 Å². The van der Waals surface area contributed by atoms with Crippen LogP contribution in [0.15, 0.2) is 18.2 Å². The Labute approximate surface area is 115 Å². The van der Waals surface area contributed by atoms with Crippen molar-refractivity contribution in [1.29, 1.82) is 0 Å². The second-order valence-corrected chi connectivity index (χ2v) is 4.82. The summed E-state index contributed by atoms with van der Waals surface area (Å²) in [5, 5.41) is 1.07. The second-order valence-electron chi connectivity index (χ2n) is 4.82. The number of rotatable bonds is 4. The number of nitrogen functional groups attached to an aromatic ring is 1. The minimum absolute atomic E-state index is 0.871. The standard InChI is InChI=1S/C16H23N3/c1-5-14-11(4)16(17)13-10-12(19(6-2)7-3)8-9-15(13)18-14/h8-10H,5-7H2,1-4H3,(H2,17,18). The van der Waals surface area contributed by atoms with Crippen LogP contribution < -0.4 is 10.6 Å². The van der Waals surface area contributed by atoms with Gasteiger partial charge in [0, 0.05) is 35.5 Å². The number of aromatic nitrogens is 1. The highest BCUT2D eigenvalue weighted by molar-refractivity contribution is 5.94. The van der Waals surface area contributed by atoms with Crippen LogP contribution in [0.5, 0.6) is 0 Å². The van der Waals surface area contributed by atoms with E-state index in [0.29, 0.717) is 0 Å². The van der Waals surface area contributed by atoms with Gasteiger partial charge in [0.15, 0.2) is 0 Å². The molecule has 2 N–H and O–H groups in total. The molecule has 0 aliphatic heterocycles. The molecular formula is C16H23N3. The molecule has 1 aromatic carbocycles. The number of hydrogen-bond donors (Lipinski definition) is 1. The summed E-state index contributed by atoms with van der Waals surface area (Å²) in [7, 11) is 0. The molecule has 0 unspecified atom stereocenters. The molecule has 1 aromatic heterocycles. The van der Waals surface area contributed by atoms with Gasteiger partial charge in [-0.3, -0.25) is 4.98 Å². The van der Waals surface area contributed by atoms with E-state index in [1.165, 1.54) is 5.69 Å². The Balaban J connectivity index is 2.63. The van der Waals surface area contributed by atoms with Crippen LogP contribution in [0, 0.1) is 6.92 Å². The summed E-state index contributed by atoms with van der Waals surface area (Å²) in [5.74, 6) is 0. The Kier molecular flexibility index (Phi) is 3.93. The van der Waals surface area contributed by atoms with Crippen LogP contribution in [0.2, 0.25) is 0 Å². The van der Waals surface area contributed by atoms with E-state index in [9.17, 15) is 0 Å². The highest BCUT2D eigenvalue weighted by Gasteiger charge is 2.10. The summed E-state index contributed by atoms with van der Waals surface area (Å²) in [4.78, 5) is 7.03. The molecule has 3 heteroatoms. The molecule has 0 saturated carbocycles. The normalized spacial score (nSPS) is 10.9. The van der Waals surface area contributed by atoms with Gasteiger partial charge in [-0.1, -0.05) is 6.92 Å². The van der Waals surface area contributed by atoms with Crippen molar-refractivity contribution in [3.63, 3.8) is 0 Å². The molecule has 0 amide bonds. The molecular weight excluding hydrogens is 234 g/mol. The van der Waals surface area contributed by atoms with Crippen molar-refractivity contribution in [1.82, 2.24) is 4.98 Å². The molecule has 3 nitrogen and oxygen atoms in total. The molecule has 19 heavy (non-hydrogen) atoms. The first-order chi connectivity index (χ1) is 9.12. The average Bonchev–Trinajstić information content (AvgIpc) is 2.44. The zero-order valence-electron chi connectivity index (χ0n) is 12.3. The minimum atomic E-state index is 0.871. The number of nitrogens with two attached hydrogens (primary N) is 1. The van der Waals surface area contributed by atoms with Crippen LogP contribution in [0.1, 0.15) is 32.0 Å². The summed E-state index contributed by atoms with van der Waals surface area (Å²) in [6.45, 7) is 10.5. The number of benzene rings is 1. The Morgan fingerprint density at radius 2 is 1.84 bits per heavy atom. The largest absolute Gasteiger partial charge is 0.398 e. The SMILES string of the molecule is CCc1nc2ccc(N(CC)CC)cc2c(N)c1C. The summed E-state index contributed by atoms with van der Waals surface area (Å²) >= 11 is 0. The van der Waals surface area contributed by atoms with Gasteiger partial charge in [0.2, 0.25) is 0 Å². The molecule has 0 aliphatic rings. The van der Waals surface area contributed by atoms with E-state index in [4.69, 9.17) is 10.7 Å². The van der Waals surface area contributed by atoms with Crippen LogP contribution in [-0.2, 0) is 6.42 Å². The van der Waals surface area contributed by atoms with Crippen LogP contribution >= 0.6 is 0 Å².